The highest BCUT2D eigenvalue weighted by Crippen LogP contribution is 2.23. The second-order valence-corrected chi connectivity index (χ2v) is 6.79. The highest BCUT2D eigenvalue weighted by molar-refractivity contribution is 8.01. The Morgan fingerprint density at radius 3 is 2.37 bits per heavy atom. The first kappa shape index (κ1) is 15.5. The van der Waals surface area contributed by atoms with Gasteiger partial charge in [0.15, 0.2) is 0 Å². The van der Waals surface area contributed by atoms with E-state index in [9.17, 15) is 14.9 Å². The van der Waals surface area contributed by atoms with Gasteiger partial charge in [-0.2, -0.15) is 0 Å². The number of hydrogen-bond acceptors (Lipinski definition) is 5. The molecule has 0 radical (unpaired) electrons. The summed E-state index contributed by atoms with van der Waals surface area (Å²) in [6.07, 6.45) is 0. The summed E-state index contributed by atoms with van der Waals surface area (Å²) < 4.78 is 5.11. The van der Waals surface area contributed by atoms with Gasteiger partial charge < -0.3 is 4.74 Å². The van der Waals surface area contributed by atoms with Gasteiger partial charge in [-0.3, -0.25) is 14.9 Å². The van der Waals surface area contributed by atoms with Crippen LogP contribution in [0.25, 0.3) is 0 Å². The molecule has 0 saturated heterocycles. The lowest BCUT2D eigenvalue weighted by Crippen LogP contribution is -2.14. The molecule has 0 unspecified atom stereocenters. The van der Waals surface area contributed by atoms with Crippen LogP contribution in [0.2, 0.25) is 0 Å². The molecule has 0 N–H and O–H groups in total. The highest BCUT2D eigenvalue weighted by Gasteiger charge is 2.14. The second kappa shape index (κ2) is 6.56. The predicted octanol–water partition coefficient (Wildman–Crippen LogP) is 3.17. The molecule has 0 heterocycles. The van der Waals surface area contributed by atoms with Gasteiger partial charge >= 0.3 is 5.97 Å². The van der Waals surface area contributed by atoms with Crippen molar-refractivity contribution in [2.24, 2.45) is 0 Å². The lowest BCUT2D eigenvalue weighted by atomic mass is 10.2. The molecule has 104 valence electrons. The minimum Gasteiger partial charge on any atom is -0.460 e. The first-order valence-electron chi connectivity index (χ1n) is 5.81. The van der Waals surface area contributed by atoms with Crippen LogP contribution in [0.3, 0.4) is 0 Å². The minimum absolute atomic E-state index is 0.0202. The van der Waals surface area contributed by atoms with Gasteiger partial charge in [0.1, 0.15) is 6.61 Å². The Morgan fingerprint density at radius 1 is 1.32 bits per heavy atom. The van der Waals surface area contributed by atoms with Crippen LogP contribution in [0.1, 0.15) is 26.3 Å². The Kier molecular flexibility index (Phi) is 5.35. The number of carbonyl (C=O) groups is 1. The van der Waals surface area contributed by atoms with Crippen molar-refractivity contribution in [3.8, 4) is 0 Å². The Labute approximate surface area is 116 Å². The molecule has 5 nitrogen and oxygen atoms in total. The van der Waals surface area contributed by atoms with Crippen LogP contribution in [0.4, 0.5) is 5.69 Å². The summed E-state index contributed by atoms with van der Waals surface area (Å²) in [4.78, 5) is 21.5. The molecule has 0 fully saturated rings. The number of non-ortho nitro benzene ring substituents is 1. The van der Waals surface area contributed by atoms with Crippen molar-refractivity contribution in [1.82, 2.24) is 0 Å². The fourth-order valence-electron chi connectivity index (χ4n) is 1.19. The summed E-state index contributed by atoms with van der Waals surface area (Å²) in [6.45, 7) is 6.23. The van der Waals surface area contributed by atoms with E-state index in [-0.39, 0.29) is 23.0 Å². The SMILES string of the molecule is CC(C)(C)SCC(=O)OCc1ccc([N+](=O)[O-])cc1. The van der Waals surface area contributed by atoms with Crippen molar-refractivity contribution in [2.45, 2.75) is 32.1 Å². The first-order valence-corrected chi connectivity index (χ1v) is 6.79. The molecule has 1 aromatic rings. The van der Waals surface area contributed by atoms with Gasteiger partial charge in [-0.15, -0.1) is 11.8 Å². The van der Waals surface area contributed by atoms with E-state index in [4.69, 9.17) is 4.74 Å². The van der Waals surface area contributed by atoms with Crippen LogP contribution in [0.15, 0.2) is 24.3 Å². The summed E-state index contributed by atoms with van der Waals surface area (Å²) in [6, 6.07) is 5.96. The number of hydrogen-bond donors (Lipinski definition) is 0. The largest absolute Gasteiger partial charge is 0.460 e. The van der Waals surface area contributed by atoms with Gasteiger partial charge in [-0.05, 0) is 17.7 Å². The molecular formula is C13H17NO4S. The van der Waals surface area contributed by atoms with Crippen LogP contribution >= 0.6 is 11.8 Å². The molecule has 6 heteroatoms. The molecule has 0 aliphatic carbocycles. The summed E-state index contributed by atoms with van der Waals surface area (Å²) in [5, 5.41) is 10.5. The monoisotopic (exact) mass is 283 g/mol. The summed E-state index contributed by atoms with van der Waals surface area (Å²) in [5.74, 6) is 0.0227. The van der Waals surface area contributed by atoms with E-state index < -0.39 is 4.92 Å². The third-order valence-electron chi connectivity index (χ3n) is 2.17. The number of ether oxygens (including phenoxy) is 1. The molecule has 1 aromatic carbocycles. The van der Waals surface area contributed by atoms with Crippen molar-refractivity contribution < 1.29 is 14.5 Å². The van der Waals surface area contributed by atoms with E-state index in [1.807, 2.05) is 20.8 Å². The Morgan fingerprint density at radius 2 is 1.89 bits per heavy atom. The van der Waals surface area contributed by atoms with E-state index in [0.717, 1.165) is 5.56 Å². The average Bonchev–Trinajstić information content (AvgIpc) is 2.33. The van der Waals surface area contributed by atoms with Crippen molar-refractivity contribution >= 4 is 23.4 Å². The zero-order valence-electron chi connectivity index (χ0n) is 11.2. The zero-order valence-corrected chi connectivity index (χ0v) is 12.0. The van der Waals surface area contributed by atoms with Gasteiger partial charge in [0, 0.05) is 16.9 Å². The van der Waals surface area contributed by atoms with Gasteiger partial charge in [0.05, 0.1) is 10.7 Å². The molecule has 0 amide bonds. The fraction of sp³-hybridized carbons (Fsp3) is 0.462. The number of thioether (sulfide) groups is 1. The first-order chi connectivity index (χ1) is 8.78. The van der Waals surface area contributed by atoms with E-state index in [1.165, 1.54) is 23.9 Å². The third-order valence-corrected chi connectivity index (χ3v) is 3.42. The lowest BCUT2D eigenvalue weighted by Gasteiger charge is -2.16. The number of nitro groups is 1. The van der Waals surface area contributed by atoms with E-state index >= 15 is 0 Å². The zero-order chi connectivity index (χ0) is 14.5. The Hall–Kier alpha value is -1.56. The van der Waals surface area contributed by atoms with Gasteiger partial charge in [-0.1, -0.05) is 20.8 Å². The smallest absolute Gasteiger partial charge is 0.316 e. The fourth-order valence-corrected chi connectivity index (χ4v) is 1.83. The summed E-state index contributed by atoms with van der Waals surface area (Å²) in [5.41, 5.74) is 0.762. The van der Waals surface area contributed by atoms with E-state index in [1.54, 1.807) is 12.1 Å². The molecule has 0 spiro atoms. The van der Waals surface area contributed by atoms with Gasteiger partial charge in [0.2, 0.25) is 0 Å². The molecule has 0 aliphatic rings. The van der Waals surface area contributed by atoms with Gasteiger partial charge in [0.25, 0.3) is 5.69 Å². The molecule has 0 atom stereocenters. The minimum atomic E-state index is -0.463. The van der Waals surface area contributed by atoms with Crippen LogP contribution in [-0.2, 0) is 16.1 Å². The second-order valence-electron chi connectivity index (χ2n) is 4.99. The van der Waals surface area contributed by atoms with Crippen LogP contribution in [-0.4, -0.2) is 21.4 Å². The number of rotatable bonds is 5. The maximum Gasteiger partial charge on any atom is 0.316 e. The van der Waals surface area contributed by atoms with Crippen LogP contribution in [0, 0.1) is 10.1 Å². The molecule has 0 saturated carbocycles. The topological polar surface area (TPSA) is 69.4 Å². The number of benzene rings is 1. The molecular weight excluding hydrogens is 266 g/mol. The molecule has 0 aliphatic heterocycles. The predicted molar refractivity (Wildman–Crippen MR) is 75.1 cm³/mol. The van der Waals surface area contributed by atoms with Crippen molar-refractivity contribution in [2.75, 3.05) is 5.75 Å². The standard InChI is InChI=1S/C13H17NO4S/c1-13(2,3)19-9-12(15)18-8-10-4-6-11(7-5-10)14(16)17/h4-7H,8-9H2,1-3H3. The van der Waals surface area contributed by atoms with Crippen molar-refractivity contribution in [3.63, 3.8) is 0 Å². The lowest BCUT2D eigenvalue weighted by molar-refractivity contribution is -0.384. The quantitative estimate of drug-likeness (QED) is 0.471. The molecule has 0 aromatic heterocycles. The Balaban J connectivity index is 2.40. The summed E-state index contributed by atoms with van der Waals surface area (Å²) >= 11 is 1.52. The van der Waals surface area contributed by atoms with Crippen molar-refractivity contribution in [1.29, 1.82) is 0 Å². The van der Waals surface area contributed by atoms with Crippen molar-refractivity contribution in [3.05, 3.63) is 39.9 Å². The maximum absolute atomic E-state index is 11.5. The third kappa shape index (κ3) is 6.24. The molecule has 1 rings (SSSR count). The molecule has 0 bridgehead atoms. The normalized spacial score (nSPS) is 11.1. The van der Waals surface area contributed by atoms with Crippen LogP contribution < -0.4 is 0 Å². The average molecular weight is 283 g/mol. The molecule has 19 heavy (non-hydrogen) atoms. The maximum atomic E-state index is 11.5. The van der Waals surface area contributed by atoms with E-state index in [2.05, 4.69) is 0 Å². The summed E-state index contributed by atoms with van der Waals surface area (Å²) in [7, 11) is 0. The number of carbonyl (C=O) groups excluding carboxylic acids is 1. The van der Waals surface area contributed by atoms with Crippen LogP contribution in [0.5, 0.6) is 0 Å². The number of nitro benzene ring substituents is 1. The van der Waals surface area contributed by atoms with E-state index in [0.29, 0.717) is 5.75 Å². The number of nitrogens with zero attached hydrogens (tertiary/aromatic N) is 1. The highest BCUT2D eigenvalue weighted by atomic mass is 32.2. The van der Waals surface area contributed by atoms with Gasteiger partial charge in [-0.25, -0.2) is 0 Å². The Bertz CT molecular complexity index is 451. The number of esters is 1.